The molecule has 94 heavy (non-hydrogen) atoms. The van der Waals surface area contributed by atoms with Crippen LogP contribution in [0, 0.1) is 29.3 Å². The quantitative estimate of drug-likeness (QED) is 0.0853. The number of halogens is 3. The normalized spacial score (nSPS) is 21.9. The molecule has 9 rings (SSSR count). The van der Waals surface area contributed by atoms with E-state index >= 15 is 18.4 Å². The van der Waals surface area contributed by atoms with Crippen molar-refractivity contribution < 1.29 is 70.5 Å². The molecule has 5 aliphatic rings. The summed E-state index contributed by atoms with van der Waals surface area (Å²) >= 11 is 0. The van der Waals surface area contributed by atoms with Crippen molar-refractivity contribution in [3.8, 4) is 0 Å². The fourth-order valence-corrected chi connectivity index (χ4v) is 13.1. The van der Waals surface area contributed by atoms with E-state index in [1.54, 1.807) is 74.8 Å². The number of para-hydroxylation sites is 1. The summed E-state index contributed by atoms with van der Waals surface area (Å²) in [7, 11) is 1.43. The summed E-state index contributed by atoms with van der Waals surface area (Å²) in [5.41, 5.74) is 0.446. The molecule has 508 valence electrons. The second-order valence-electron chi connectivity index (χ2n) is 27.9. The lowest BCUT2D eigenvalue weighted by atomic mass is 9.80. The summed E-state index contributed by atoms with van der Waals surface area (Å²) in [6.07, 6.45) is -0.394. The number of anilines is 3. The van der Waals surface area contributed by atoms with Gasteiger partial charge in [0.25, 0.3) is 0 Å². The van der Waals surface area contributed by atoms with Crippen LogP contribution >= 0.6 is 0 Å². The van der Waals surface area contributed by atoms with E-state index in [-0.39, 0.29) is 73.9 Å². The molecule has 1 unspecified atom stereocenters. The van der Waals surface area contributed by atoms with Gasteiger partial charge < -0.3 is 54.5 Å². The van der Waals surface area contributed by atoms with Gasteiger partial charge in [0.05, 0.1) is 37.8 Å². The summed E-state index contributed by atoms with van der Waals surface area (Å²) in [5, 5.41) is 8.04. The number of fused-ring (bicyclic) bond motifs is 2. The van der Waals surface area contributed by atoms with Crippen LogP contribution in [0.3, 0.4) is 0 Å². The number of nitrogens with zero attached hydrogens (tertiary/aromatic N) is 6. The maximum atomic E-state index is 15.3. The van der Waals surface area contributed by atoms with Crippen molar-refractivity contribution in [2.75, 3.05) is 94.8 Å². The Morgan fingerprint density at radius 2 is 1.45 bits per heavy atom. The van der Waals surface area contributed by atoms with Crippen molar-refractivity contribution in [1.82, 2.24) is 29.8 Å². The lowest BCUT2D eigenvalue weighted by Crippen LogP contribution is -2.64. The minimum absolute atomic E-state index is 0.0451. The summed E-state index contributed by atoms with van der Waals surface area (Å²) in [5.74, 6) is -7.16. The van der Waals surface area contributed by atoms with E-state index in [1.165, 1.54) is 29.0 Å². The molecule has 5 aliphatic heterocycles. The van der Waals surface area contributed by atoms with E-state index in [4.69, 9.17) is 18.9 Å². The minimum Gasteiger partial charge on any atom is -0.444 e. The monoisotopic (exact) mass is 1310 g/mol. The Balaban J connectivity index is 0.939. The second-order valence-corrected chi connectivity index (χ2v) is 27.9. The van der Waals surface area contributed by atoms with Gasteiger partial charge in [0.15, 0.2) is 5.78 Å². The number of piperazine rings is 1. The molecule has 4 aromatic carbocycles. The maximum absolute atomic E-state index is 15.3. The van der Waals surface area contributed by atoms with Crippen LogP contribution in [-0.4, -0.2) is 193 Å². The zero-order valence-corrected chi connectivity index (χ0v) is 55.8. The Labute approximate surface area is 548 Å². The van der Waals surface area contributed by atoms with Gasteiger partial charge in [0, 0.05) is 108 Å². The van der Waals surface area contributed by atoms with E-state index in [0.717, 1.165) is 29.3 Å². The highest BCUT2D eigenvalue weighted by molar-refractivity contribution is 6.04. The van der Waals surface area contributed by atoms with Crippen molar-refractivity contribution in [1.29, 1.82) is 0 Å². The highest BCUT2D eigenvalue weighted by Crippen LogP contribution is 2.43. The molecule has 7 atom stereocenters. The number of Topliss-reactive ketones (excluding diaryl/α,β-unsaturated/α-hetero) is 1. The van der Waals surface area contributed by atoms with Gasteiger partial charge in [0.1, 0.15) is 40.4 Å². The van der Waals surface area contributed by atoms with Crippen LogP contribution in [0.4, 0.5) is 39.8 Å². The Hall–Kier alpha value is -7.93. The number of hydrogen-bond donors (Lipinski definition) is 3. The van der Waals surface area contributed by atoms with Crippen LogP contribution in [0.1, 0.15) is 116 Å². The van der Waals surface area contributed by atoms with Gasteiger partial charge in [-0.05, 0) is 165 Å². The fourth-order valence-electron chi connectivity index (χ4n) is 13.1. The predicted octanol–water partition coefficient (Wildman–Crippen LogP) is 8.23. The van der Waals surface area contributed by atoms with Crippen LogP contribution in [-0.2, 0) is 72.5 Å². The van der Waals surface area contributed by atoms with Crippen LogP contribution in [0.2, 0.25) is 0 Å². The third kappa shape index (κ3) is 16.9. The number of ketones is 1. The molecule has 3 N–H and O–H groups in total. The summed E-state index contributed by atoms with van der Waals surface area (Å²) < 4.78 is 67.0. The van der Waals surface area contributed by atoms with Crippen molar-refractivity contribution >= 4 is 64.6 Å². The Bertz CT molecular complexity index is 3460. The average molecular weight is 1310 g/mol. The van der Waals surface area contributed by atoms with Crippen molar-refractivity contribution in [2.45, 2.75) is 155 Å². The molecular weight excluding hydrogens is 1220 g/mol. The third-order valence-corrected chi connectivity index (χ3v) is 18.5. The standard InChI is InChI=1S/C70H90F3N9O12/c1-42-35-79(52(37-78-25-28-92-40-43(78)2)38-80(42)67(90)94-69(7,8)9)39-61(85)82-41-70(10,54-22-17-46(30-57(54)82)29-45-15-19-50(71)20-16-45)65(88)74-34-60(84)75-51-21-18-48-32-58(63(86)76-62-55(72)13-12-14-56(62)73)81(36-49(48)31-51)64(87)53(47-23-26-91-27-24-47)33-59(83)44(3)77(11)66(89)93-68(4,5)6/h12-22,30-31,42-44,47,52-53,58H,23-29,32-41H2,1-11H3,(H,74,88)(H,75,84)(H,76,86)/t42-,43-,44+,52+,53+,58+,70?/m1/s1. The number of nitrogens with one attached hydrogen (secondary N) is 3. The number of carbonyl (C=O) groups is 8. The first kappa shape index (κ1) is 70.4. The van der Waals surface area contributed by atoms with E-state index in [0.29, 0.717) is 94.2 Å². The molecule has 0 saturated carbocycles. The molecule has 3 saturated heterocycles. The number of amides is 7. The van der Waals surface area contributed by atoms with Crippen molar-refractivity contribution in [3.63, 3.8) is 0 Å². The van der Waals surface area contributed by atoms with Gasteiger partial charge >= 0.3 is 12.2 Å². The number of rotatable bonds is 18. The maximum Gasteiger partial charge on any atom is 0.410 e. The van der Waals surface area contributed by atoms with E-state index in [1.807, 2.05) is 45.9 Å². The summed E-state index contributed by atoms with van der Waals surface area (Å²) in [6.45, 7) is 20.6. The first-order valence-corrected chi connectivity index (χ1v) is 32.4. The van der Waals surface area contributed by atoms with E-state index in [2.05, 4.69) is 32.7 Å². The molecule has 0 spiro atoms. The molecule has 0 radical (unpaired) electrons. The highest BCUT2D eigenvalue weighted by Gasteiger charge is 2.49. The Kier molecular flexibility index (Phi) is 22.0. The molecule has 0 bridgehead atoms. The number of carbonyl (C=O) groups excluding carboxylic acids is 8. The second kappa shape index (κ2) is 29.4. The first-order valence-electron chi connectivity index (χ1n) is 32.4. The van der Waals surface area contributed by atoms with Gasteiger partial charge in [-0.15, -0.1) is 0 Å². The predicted molar refractivity (Wildman–Crippen MR) is 346 cm³/mol. The van der Waals surface area contributed by atoms with Crippen LogP contribution < -0.4 is 20.9 Å². The van der Waals surface area contributed by atoms with Crippen LogP contribution in [0.5, 0.6) is 0 Å². The summed E-state index contributed by atoms with van der Waals surface area (Å²) in [4.78, 5) is 125. The number of hydrogen-bond acceptors (Lipinski definition) is 14. The largest absolute Gasteiger partial charge is 0.444 e. The smallest absolute Gasteiger partial charge is 0.410 e. The van der Waals surface area contributed by atoms with Crippen LogP contribution in [0.25, 0.3) is 0 Å². The minimum atomic E-state index is -1.37. The molecule has 4 aromatic rings. The van der Waals surface area contributed by atoms with Crippen molar-refractivity contribution in [3.05, 3.63) is 124 Å². The molecule has 3 fully saturated rings. The SMILES string of the molecule is C[C@@H]1COCCN1C[C@H]1CN(C(=O)OC(C)(C)C)[C@H](C)CN1CC(=O)N1CC(C)(C(=O)NCC(=O)Nc2ccc3c(c2)CN(C(=O)[C@@H](CC(=O)[C@H](C)N(C)C(=O)OC(C)(C)C)C2CCOCC2)[C@H](C(=O)Nc2c(F)cccc2F)C3)c2ccc(Cc3ccc(F)cc3)cc21. The molecule has 0 aliphatic carbocycles. The van der Waals surface area contributed by atoms with Crippen molar-refractivity contribution in [2.24, 2.45) is 11.8 Å². The lowest BCUT2D eigenvalue weighted by molar-refractivity contribution is -0.148. The number of benzene rings is 4. The van der Waals surface area contributed by atoms with E-state index in [9.17, 15) is 33.2 Å². The summed E-state index contributed by atoms with van der Waals surface area (Å²) in [6, 6.07) is 16.9. The molecular formula is C70H90F3N9O12. The number of likely N-dealkylation sites (N-methyl/N-ethyl adjacent to an activating group) is 1. The zero-order valence-electron chi connectivity index (χ0n) is 55.8. The van der Waals surface area contributed by atoms with Gasteiger partial charge in [0.2, 0.25) is 29.5 Å². The fraction of sp³-hybridized carbons (Fsp3) is 0.543. The Morgan fingerprint density at radius 1 is 0.766 bits per heavy atom. The molecule has 21 nitrogen and oxygen atoms in total. The van der Waals surface area contributed by atoms with Gasteiger partial charge in [-0.2, -0.15) is 0 Å². The van der Waals surface area contributed by atoms with Gasteiger partial charge in [-0.3, -0.25) is 38.6 Å². The van der Waals surface area contributed by atoms with E-state index < -0.39 is 100 Å². The van der Waals surface area contributed by atoms with Gasteiger partial charge in [-0.25, -0.2) is 22.8 Å². The molecule has 5 heterocycles. The average Bonchev–Trinajstić information content (AvgIpc) is 1.56. The molecule has 7 amide bonds. The highest BCUT2D eigenvalue weighted by atomic mass is 19.1. The zero-order chi connectivity index (χ0) is 68.1. The topological polar surface area (TPSA) is 229 Å². The number of ether oxygens (including phenoxy) is 4. The lowest BCUT2D eigenvalue weighted by Gasteiger charge is -2.47. The van der Waals surface area contributed by atoms with Gasteiger partial charge in [-0.1, -0.05) is 36.4 Å². The molecule has 0 aromatic heterocycles. The third-order valence-electron chi connectivity index (χ3n) is 18.5. The van der Waals surface area contributed by atoms with Crippen LogP contribution in [0.15, 0.2) is 78.9 Å². The molecule has 24 heteroatoms. The first-order chi connectivity index (χ1) is 44.4. The Morgan fingerprint density at radius 3 is 2.12 bits per heavy atom. The number of morpholine rings is 1.